The molecular weight excluding hydrogens is 416 g/mol. The van der Waals surface area contributed by atoms with Gasteiger partial charge in [0.2, 0.25) is 0 Å². The molecule has 0 radical (unpaired) electrons. The minimum Gasteiger partial charge on any atom is -0.497 e. The number of pyridine rings is 1. The molecule has 2 aromatic heterocycles. The molecule has 1 N–H and O–H groups in total. The molecular formula is C26H28N4O3. The number of hydrogen-bond donors (Lipinski definition) is 1. The van der Waals surface area contributed by atoms with Crippen LogP contribution in [-0.2, 0) is 11.2 Å². The normalized spacial score (nSPS) is 12.4. The summed E-state index contributed by atoms with van der Waals surface area (Å²) >= 11 is 0. The van der Waals surface area contributed by atoms with Gasteiger partial charge in [0.1, 0.15) is 11.4 Å². The SMILES string of the molecule is COc1ccc(C[C@H](NC(=O)OC(C)(C)C)c2cn(-c3ccc4cnccc4c3)cn2)cc1. The Morgan fingerprint density at radius 3 is 2.61 bits per heavy atom. The number of hydrogen-bond acceptors (Lipinski definition) is 5. The van der Waals surface area contributed by atoms with Crippen molar-refractivity contribution < 1.29 is 14.3 Å². The Kier molecular flexibility index (Phi) is 6.31. The molecule has 0 spiro atoms. The molecule has 0 saturated carbocycles. The van der Waals surface area contributed by atoms with Gasteiger partial charge in [-0.15, -0.1) is 0 Å². The molecule has 7 heteroatoms. The average Bonchev–Trinajstić information content (AvgIpc) is 3.28. The van der Waals surface area contributed by atoms with E-state index in [2.05, 4.69) is 21.4 Å². The first-order valence-electron chi connectivity index (χ1n) is 10.8. The number of rotatable bonds is 6. The first-order chi connectivity index (χ1) is 15.8. The molecule has 0 bridgehead atoms. The number of ether oxygens (including phenoxy) is 2. The summed E-state index contributed by atoms with van der Waals surface area (Å²) in [7, 11) is 1.64. The molecule has 4 rings (SSSR count). The molecule has 0 aliphatic rings. The van der Waals surface area contributed by atoms with Gasteiger partial charge in [-0.2, -0.15) is 0 Å². The molecule has 1 amide bonds. The minimum atomic E-state index is -0.589. The molecule has 33 heavy (non-hydrogen) atoms. The van der Waals surface area contributed by atoms with Gasteiger partial charge in [-0.05, 0) is 68.5 Å². The van der Waals surface area contributed by atoms with E-state index in [0.717, 1.165) is 33.5 Å². The van der Waals surface area contributed by atoms with E-state index in [0.29, 0.717) is 6.42 Å². The van der Waals surface area contributed by atoms with Crippen LogP contribution in [0.4, 0.5) is 4.79 Å². The van der Waals surface area contributed by atoms with Crippen LogP contribution in [0.5, 0.6) is 5.75 Å². The monoisotopic (exact) mass is 444 g/mol. The van der Waals surface area contributed by atoms with Crippen molar-refractivity contribution in [2.45, 2.75) is 38.8 Å². The molecule has 0 aliphatic carbocycles. The van der Waals surface area contributed by atoms with E-state index < -0.39 is 11.7 Å². The van der Waals surface area contributed by atoms with E-state index in [9.17, 15) is 4.79 Å². The summed E-state index contributed by atoms with van der Waals surface area (Å²) in [5.41, 5.74) is 2.18. The lowest BCUT2D eigenvalue weighted by Crippen LogP contribution is -2.36. The van der Waals surface area contributed by atoms with E-state index >= 15 is 0 Å². The maximum atomic E-state index is 12.6. The predicted molar refractivity (Wildman–Crippen MR) is 128 cm³/mol. The maximum Gasteiger partial charge on any atom is 0.408 e. The number of benzene rings is 2. The Morgan fingerprint density at radius 1 is 1.09 bits per heavy atom. The third kappa shape index (κ3) is 5.68. The van der Waals surface area contributed by atoms with Gasteiger partial charge in [0.15, 0.2) is 0 Å². The standard InChI is InChI=1S/C26H28N4O3/c1-26(2,3)33-25(31)29-23(13-18-5-9-22(32-4)10-6-18)24-16-30(17-28-24)21-8-7-20-15-27-12-11-19(20)14-21/h5-12,14-17,23H,13H2,1-4H3,(H,29,31)/t23-/m0/s1. The number of carbonyl (C=O) groups excluding carboxylic acids is 1. The molecule has 0 saturated heterocycles. The van der Waals surface area contributed by atoms with E-state index in [-0.39, 0.29) is 6.04 Å². The van der Waals surface area contributed by atoms with Gasteiger partial charge in [-0.25, -0.2) is 9.78 Å². The molecule has 170 valence electrons. The maximum absolute atomic E-state index is 12.6. The summed E-state index contributed by atoms with van der Waals surface area (Å²) < 4.78 is 12.7. The first-order valence-corrected chi connectivity index (χ1v) is 10.8. The van der Waals surface area contributed by atoms with Crippen molar-refractivity contribution in [1.82, 2.24) is 19.9 Å². The molecule has 0 unspecified atom stereocenters. The Bertz CT molecular complexity index is 1240. The fraction of sp³-hybridized carbons (Fsp3) is 0.269. The molecule has 0 aliphatic heterocycles. The van der Waals surface area contributed by atoms with Gasteiger partial charge in [-0.3, -0.25) is 4.98 Å². The lowest BCUT2D eigenvalue weighted by molar-refractivity contribution is 0.0502. The average molecular weight is 445 g/mol. The van der Waals surface area contributed by atoms with Crippen molar-refractivity contribution in [2.24, 2.45) is 0 Å². The Balaban J connectivity index is 1.61. The second-order valence-corrected chi connectivity index (χ2v) is 8.86. The zero-order valence-electron chi connectivity index (χ0n) is 19.3. The minimum absolute atomic E-state index is 0.362. The van der Waals surface area contributed by atoms with Crippen molar-refractivity contribution in [3.8, 4) is 11.4 Å². The Morgan fingerprint density at radius 2 is 1.88 bits per heavy atom. The number of nitrogens with zero attached hydrogens (tertiary/aromatic N) is 3. The lowest BCUT2D eigenvalue weighted by atomic mass is 10.0. The fourth-order valence-corrected chi connectivity index (χ4v) is 3.57. The van der Waals surface area contributed by atoms with Crippen LogP contribution in [0, 0.1) is 0 Å². The van der Waals surface area contributed by atoms with Gasteiger partial charge in [0.25, 0.3) is 0 Å². The number of methoxy groups -OCH3 is 1. The predicted octanol–water partition coefficient (Wildman–Crippen LogP) is 5.24. The summed E-state index contributed by atoms with van der Waals surface area (Å²) in [4.78, 5) is 21.3. The zero-order chi connectivity index (χ0) is 23.4. The Hall–Kier alpha value is -3.87. The van der Waals surface area contributed by atoms with Crippen LogP contribution in [-0.4, -0.2) is 33.3 Å². The number of imidazole rings is 1. The van der Waals surface area contributed by atoms with Crippen LogP contribution in [0.2, 0.25) is 0 Å². The smallest absolute Gasteiger partial charge is 0.408 e. The topological polar surface area (TPSA) is 78.3 Å². The van der Waals surface area contributed by atoms with Crippen LogP contribution in [0.3, 0.4) is 0 Å². The third-order valence-corrected chi connectivity index (χ3v) is 5.17. The molecule has 2 aromatic carbocycles. The van der Waals surface area contributed by atoms with E-state index in [1.54, 1.807) is 19.6 Å². The molecule has 7 nitrogen and oxygen atoms in total. The summed E-state index contributed by atoms with van der Waals surface area (Å²) in [5, 5.41) is 5.16. The summed E-state index contributed by atoms with van der Waals surface area (Å²) in [6.07, 6.45) is 7.40. The number of alkyl carbamates (subject to hydrolysis) is 1. The van der Waals surface area contributed by atoms with Crippen LogP contribution in [0.25, 0.3) is 16.5 Å². The van der Waals surface area contributed by atoms with Gasteiger partial charge >= 0.3 is 6.09 Å². The second-order valence-electron chi connectivity index (χ2n) is 8.86. The summed E-state index contributed by atoms with van der Waals surface area (Å²) in [5.74, 6) is 0.784. The number of aromatic nitrogens is 3. The molecule has 2 heterocycles. The summed E-state index contributed by atoms with van der Waals surface area (Å²) in [6.45, 7) is 5.53. The largest absolute Gasteiger partial charge is 0.497 e. The lowest BCUT2D eigenvalue weighted by Gasteiger charge is -2.23. The number of carbonyl (C=O) groups is 1. The number of nitrogens with one attached hydrogen (secondary N) is 1. The quantitative estimate of drug-likeness (QED) is 0.440. The third-order valence-electron chi connectivity index (χ3n) is 5.17. The van der Waals surface area contributed by atoms with Crippen molar-refractivity contribution in [3.05, 3.63) is 84.7 Å². The van der Waals surface area contributed by atoms with Crippen LogP contribution in [0.15, 0.2) is 73.4 Å². The van der Waals surface area contributed by atoms with Gasteiger partial charge < -0.3 is 19.4 Å². The number of fused-ring (bicyclic) bond motifs is 1. The molecule has 4 aromatic rings. The zero-order valence-corrected chi connectivity index (χ0v) is 19.3. The summed E-state index contributed by atoms with van der Waals surface area (Å²) in [6, 6.07) is 15.5. The number of amides is 1. The van der Waals surface area contributed by atoms with Gasteiger partial charge in [-0.1, -0.05) is 18.2 Å². The van der Waals surface area contributed by atoms with Crippen LogP contribution in [0.1, 0.15) is 38.1 Å². The second kappa shape index (κ2) is 9.32. The van der Waals surface area contributed by atoms with E-state index in [1.165, 1.54) is 0 Å². The van der Waals surface area contributed by atoms with Gasteiger partial charge in [0, 0.05) is 29.7 Å². The van der Waals surface area contributed by atoms with E-state index in [4.69, 9.17) is 9.47 Å². The van der Waals surface area contributed by atoms with Gasteiger partial charge in [0.05, 0.1) is 25.2 Å². The Labute approximate surface area is 193 Å². The highest BCUT2D eigenvalue weighted by molar-refractivity contribution is 5.83. The van der Waals surface area contributed by atoms with Crippen molar-refractivity contribution in [2.75, 3.05) is 7.11 Å². The molecule has 1 atom stereocenters. The highest BCUT2D eigenvalue weighted by Gasteiger charge is 2.22. The highest BCUT2D eigenvalue weighted by Crippen LogP contribution is 2.23. The first kappa shape index (κ1) is 22.3. The molecule has 0 fully saturated rings. The van der Waals surface area contributed by atoms with Crippen molar-refractivity contribution >= 4 is 16.9 Å². The van der Waals surface area contributed by atoms with Crippen molar-refractivity contribution in [3.63, 3.8) is 0 Å². The van der Waals surface area contributed by atoms with Crippen molar-refractivity contribution in [1.29, 1.82) is 0 Å². The highest BCUT2D eigenvalue weighted by atomic mass is 16.6. The fourth-order valence-electron chi connectivity index (χ4n) is 3.57. The van der Waals surface area contributed by atoms with E-state index in [1.807, 2.05) is 80.2 Å². The van der Waals surface area contributed by atoms with Crippen LogP contribution < -0.4 is 10.1 Å². The van der Waals surface area contributed by atoms with Crippen LogP contribution >= 0.6 is 0 Å².